The van der Waals surface area contributed by atoms with E-state index in [1.54, 1.807) is 31.4 Å². The molecule has 0 spiro atoms. The molecule has 1 rings (SSSR count). The Labute approximate surface area is 99.0 Å². The normalized spacial score (nSPS) is 16.9. The van der Waals surface area contributed by atoms with Gasteiger partial charge < -0.3 is 16.0 Å². The molecular weight excluding hydrogens is 220 g/mol. The summed E-state index contributed by atoms with van der Waals surface area (Å²) in [5, 5.41) is 15.8. The molecule has 0 heterocycles. The summed E-state index contributed by atoms with van der Waals surface area (Å²) in [6, 6.07) is 0. The van der Waals surface area contributed by atoms with Gasteiger partial charge in [-0.1, -0.05) is 18.2 Å². The van der Waals surface area contributed by atoms with Gasteiger partial charge in [-0.2, -0.15) is 0 Å². The van der Waals surface area contributed by atoms with Crippen molar-refractivity contribution in [1.29, 1.82) is 5.41 Å². The standard InChI is InChI=1S/C11H14N4O2/c1-13-6-7-14-10(11(16)15-17)8-4-2-3-5-9(8)12/h2-5,12-14H,6-7H2,1H3/b10-8-,12-9?. The van der Waals surface area contributed by atoms with E-state index in [0.717, 1.165) is 0 Å². The van der Waals surface area contributed by atoms with E-state index in [2.05, 4.69) is 15.8 Å². The molecule has 17 heavy (non-hydrogen) atoms. The Kier molecular flexibility index (Phi) is 4.96. The van der Waals surface area contributed by atoms with Gasteiger partial charge in [0, 0.05) is 23.8 Å². The van der Waals surface area contributed by atoms with E-state index in [1.165, 1.54) is 0 Å². The molecule has 1 aliphatic carbocycles. The van der Waals surface area contributed by atoms with Gasteiger partial charge in [0.2, 0.25) is 0 Å². The maximum atomic E-state index is 11.4. The lowest BCUT2D eigenvalue weighted by atomic mass is 10.0. The summed E-state index contributed by atoms with van der Waals surface area (Å²) in [6.45, 7) is 1.11. The highest BCUT2D eigenvalue weighted by Gasteiger charge is 2.17. The fraction of sp³-hybridized carbons (Fsp3) is 0.273. The zero-order chi connectivity index (χ0) is 12.7. The molecule has 0 aliphatic heterocycles. The van der Waals surface area contributed by atoms with Gasteiger partial charge in [-0.3, -0.25) is 4.79 Å². The van der Waals surface area contributed by atoms with Gasteiger partial charge in [0.25, 0.3) is 0 Å². The second-order valence-corrected chi connectivity index (χ2v) is 3.35. The molecule has 0 saturated heterocycles. The maximum absolute atomic E-state index is 11.4. The third-order valence-corrected chi connectivity index (χ3v) is 2.17. The number of amides is 1. The van der Waals surface area contributed by atoms with Crippen LogP contribution in [0.25, 0.3) is 0 Å². The van der Waals surface area contributed by atoms with E-state index in [4.69, 9.17) is 5.41 Å². The van der Waals surface area contributed by atoms with Crippen molar-refractivity contribution in [2.75, 3.05) is 20.1 Å². The van der Waals surface area contributed by atoms with Crippen LogP contribution in [0.1, 0.15) is 0 Å². The van der Waals surface area contributed by atoms with Crippen molar-refractivity contribution >= 4 is 11.6 Å². The molecule has 0 bridgehead atoms. The van der Waals surface area contributed by atoms with E-state index in [9.17, 15) is 9.70 Å². The van der Waals surface area contributed by atoms with Crippen LogP contribution in [0, 0.1) is 10.3 Å². The summed E-state index contributed by atoms with van der Waals surface area (Å²) in [6.07, 6.45) is 6.54. The lowest BCUT2D eigenvalue weighted by molar-refractivity contribution is -0.114. The first-order valence-electron chi connectivity index (χ1n) is 5.14. The smallest absolute Gasteiger partial charge is 0.333 e. The van der Waals surface area contributed by atoms with Gasteiger partial charge in [0.1, 0.15) is 5.70 Å². The first-order chi connectivity index (χ1) is 8.20. The zero-order valence-corrected chi connectivity index (χ0v) is 9.49. The van der Waals surface area contributed by atoms with Crippen LogP contribution in [-0.2, 0) is 4.79 Å². The van der Waals surface area contributed by atoms with Crippen molar-refractivity contribution in [2.24, 2.45) is 5.18 Å². The number of nitrogens with zero attached hydrogens (tertiary/aromatic N) is 1. The number of rotatable bonds is 5. The highest BCUT2D eigenvalue weighted by Crippen LogP contribution is 2.12. The summed E-state index contributed by atoms with van der Waals surface area (Å²) in [4.78, 5) is 21.7. The molecule has 0 aromatic carbocycles. The van der Waals surface area contributed by atoms with Gasteiger partial charge in [-0.15, -0.1) is 4.91 Å². The van der Waals surface area contributed by atoms with Crippen LogP contribution in [0.2, 0.25) is 0 Å². The molecule has 0 aromatic heterocycles. The van der Waals surface area contributed by atoms with Gasteiger partial charge in [-0.05, 0) is 13.1 Å². The molecule has 1 aliphatic rings. The predicted molar refractivity (Wildman–Crippen MR) is 65.8 cm³/mol. The van der Waals surface area contributed by atoms with E-state index in [0.29, 0.717) is 18.7 Å². The minimum absolute atomic E-state index is 0.0702. The predicted octanol–water partition coefficient (Wildman–Crippen LogP) is 0.488. The Morgan fingerprint density at radius 1 is 1.35 bits per heavy atom. The zero-order valence-electron chi connectivity index (χ0n) is 9.49. The largest absolute Gasteiger partial charge is 0.379 e. The van der Waals surface area contributed by atoms with Crippen LogP contribution in [0.3, 0.4) is 0 Å². The van der Waals surface area contributed by atoms with E-state index >= 15 is 0 Å². The molecule has 6 heteroatoms. The van der Waals surface area contributed by atoms with E-state index in [1.807, 2.05) is 0 Å². The first-order valence-corrected chi connectivity index (χ1v) is 5.14. The molecule has 0 atom stereocenters. The lowest BCUT2D eigenvalue weighted by Gasteiger charge is -2.12. The number of carbonyl (C=O) groups is 1. The van der Waals surface area contributed by atoms with Crippen molar-refractivity contribution in [3.63, 3.8) is 0 Å². The van der Waals surface area contributed by atoms with Crippen molar-refractivity contribution < 1.29 is 4.79 Å². The van der Waals surface area contributed by atoms with E-state index < -0.39 is 5.91 Å². The summed E-state index contributed by atoms with van der Waals surface area (Å²) >= 11 is 0. The molecule has 0 fully saturated rings. The van der Waals surface area contributed by atoms with Crippen molar-refractivity contribution in [3.8, 4) is 0 Å². The summed E-state index contributed by atoms with van der Waals surface area (Å²) in [7, 11) is 1.78. The number of hydrogen-bond acceptors (Lipinski definition) is 5. The lowest BCUT2D eigenvalue weighted by Crippen LogP contribution is -2.29. The van der Waals surface area contributed by atoms with Gasteiger partial charge in [0.05, 0.1) is 5.71 Å². The topological polar surface area (TPSA) is 94.4 Å². The van der Waals surface area contributed by atoms with Gasteiger partial charge in [-0.25, -0.2) is 0 Å². The van der Waals surface area contributed by atoms with Crippen molar-refractivity contribution in [3.05, 3.63) is 40.5 Å². The van der Waals surface area contributed by atoms with E-state index in [-0.39, 0.29) is 11.4 Å². The molecule has 6 nitrogen and oxygen atoms in total. The molecular formula is C11H14N4O2. The molecule has 0 saturated carbocycles. The third-order valence-electron chi connectivity index (χ3n) is 2.17. The van der Waals surface area contributed by atoms with Crippen LogP contribution in [-0.4, -0.2) is 31.8 Å². The van der Waals surface area contributed by atoms with Crippen LogP contribution in [0.5, 0.6) is 0 Å². The quantitative estimate of drug-likeness (QED) is 0.366. The monoisotopic (exact) mass is 234 g/mol. The second-order valence-electron chi connectivity index (χ2n) is 3.35. The fourth-order valence-corrected chi connectivity index (χ4v) is 1.35. The number of hydrogen-bond donors (Lipinski definition) is 3. The average molecular weight is 234 g/mol. The Balaban J connectivity index is 2.95. The molecule has 1 amide bonds. The average Bonchev–Trinajstić information content (AvgIpc) is 2.35. The highest BCUT2D eigenvalue weighted by molar-refractivity contribution is 6.14. The van der Waals surface area contributed by atoms with Crippen molar-refractivity contribution in [1.82, 2.24) is 10.6 Å². The van der Waals surface area contributed by atoms with Gasteiger partial charge in [0.15, 0.2) is 0 Å². The maximum Gasteiger partial charge on any atom is 0.333 e. The Morgan fingerprint density at radius 3 is 2.65 bits per heavy atom. The van der Waals surface area contributed by atoms with Crippen LogP contribution in [0.15, 0.2) is 40.8 Å². The SMILES string of the molecule is CNCCN/C(C(=O)N=O)=C1/C=CC=CC1=N. The number of carbonyl (C=O) groups excluding carboxylic acids is 1. The molecule has 0 aromatic rings. The summed E-state index contributed by atoms with van der Waals surface area (Å²) in [5.74, 6) is -0.888. The first kappa shape index (κ1) is 13.0. The molecule has 90 valence electrons. The molecule has 0 radical (unpaired) electrons. The third kappa shape index (κ3) is 3.46. The van der Waals surface area contributed by atoms with Crippen LogP contribution >= 0.6 is 0 Å². The number of likely N-dealkylation sites (N-methyl/N-ethyl adjacent to an activating group) is 1. The van der Waals surface area contributed by atoms with Crippen LogP contribution < -0.4 is 10.6 Å². The number of allylic oxidation sites excluding steroid dienone is 5. The number of nitrogens with one attached hydrogen (secondary N) is 3. The fourth-order valence-electron chi connectivity index (χ4n) is 1.35. The molecule has 3 N–H and O–H groups in total. The Hall–Kier alpha value is -2.08. The Morgan fingerprint density at radius 2 is 2.06 bits per heavy atom. The van der Waals surface area contributed by atoms with Crippen molar-refractivity contribution in [2.45, 2.75) is 0 Å². The minimum Gasteiger partial charge on any atom is -0.379 e. The molecule has 0 unspecified atom stereocenters. The summed E-state index contributed by atoms with van der Waals surface area (Å²) in [5.41, 5.74) is 0.630. The van der Waals surface area contributed by atoms with Crippen LogP contribution in [0.4, 0.5) is 0 Å². The Bertz CT molecular complexity index is 421. The number of nitroso groups, excluding NO2 is 1. The second kappa shape index (κ2) is 6.49. The van der Waals surface area contributed by atoms with Gasteiger partial charge >= 0.3 is 5.91 Å². The highest BCUT2D eigenvalue weighted by atomic mass is 16.3. The summed E-state index contributed by atoms with van der Waals surface area (Å²) < 4.78 is 0. The minimum atomic E-state index is -0.888.